The van der Waals surface area contributed by atoms with Crippen molar-refractivity contribution < 1.29 is 4.74 Å². The summed E-state index contributed by atoms with van der Waals surface area (Å²) < 4.78 is 5.68. The SMILES string of the molecule is COC(CCN1CC=C(c2ccccc2)CC1)c1ccccc1. The molecular weight excluding hydrogens is 282 g/mol. The van der Waals surface area contributed by atoms with Gasteiger partial charge in [-0.15, -0.1) is 0 Å². The molecule has 0 radical (unpaired) electrons. The van der Waals surface area contributed by atoms with Crippen LogP contribution < -0.4 is 0 Å². The molecule has 0 saturated carbocycles. The smallest absolute Gasteiger partial charge is 0.0833 e. The topological polar surface area (TPSA) is 12.5 Å². The van der Waals surface area contributed by atoms with Crippen LogP contribution in [0.25, 0.3) is 5.57 Å². The van der Waals surface area contributed by atoms with Crippen LogP contribution in [0.3, 0.4) is 0 Å². The monoisotopic (exact) mass is 307 g/mol. The van der Waals surface area contributed by atoms with Crippen molar-refractivity contribution in [1.82, 2.24) is 4.90 Å². The number of methoxy groups -OCH3 is 1. The first-order chi connectivity index (χ1) is 11.4. The lowest BCUT2D eigenvalue weighted by atomic mass is 9.99. The van der Waals surface area contributed by atoms with E-state index in [-0.39, 0.29) is 6.10 Å². The number of hydrogen-bond acceptors (Lipinski definition) is 2. The summed E-state index contributed by atoms with van der Waals surface area (Å²) in [6.07, 6.45) is 4.74. The van der Waals surface area contributed by atoms with Crippen molar-refractivity contribution in [2.45, 2.75) is 18.9 Å². The molecule has 1 atom stereocenters. The quantitative estimate of drug-likeness (QED) is 0.776. The summed E-state index contributed by atoms with van der Waals surface area (Å²) in [6.45, 7) is 3.24. The molecule has 1 aliphatic rings. The third-order valence-corrected chi connectivity index (χ3v) is 4.60. The van der Waals surface area contributed by atoms with Gasteiger partial charge in [0.25, 0.3) is 0 Å². The molecule has 0 aromatic heterocycles. The molecule has 3 rings (SSSR count). The molecule has 2 aromatic carbocycles. The van der Waals surface area contributed by atoms with Gasteiger partial charge in [0.2, 0.25) is 0 Å². The van der Waals surface area contributed by atoms with Gasteiger partial charge in [-0.1, -0.05) is 66.7 Å². The molecule has 0 bridgehead atoms. The summed E-state index contributed by atoms with van der Waals surface area (Å²) in [7, 11) is 1.81. The summed E-state index contributed by atoms with van der Waals surface area (Å²) in [5.41, 5.74) is 4.12. The van der Waals surface area contributed by atoms with Gasteiger partial charge in [0.1, 0.15) is 0 Å². The maximum atomic E-state index is 5.68. The Balaban J connectivity index is 1.53. The number of benzene rings is 2. The maximum absolute atomic E-state index is 5.68. The molecular formula is C21H25NO. The van der Waals surface area contributed by atoms with Crippen molar-refractivity contribution >= 4 is 5.57 Å². The molecule has 2 heteroatoms. The first-order valence-corrected chi connectivity index (χ1v) is 8.41. The van der Waals surface area contributed by atoms with Crippen LogP contribution in [0.5, 0.6) is 0 Å². The second kappa shape index (κ2) is 8.09. The fraction of sp³-hybridized carbons (Fsp3) is 0.333. The average molecular weight is 307 g/mol. The van der Waals surface area contributed by atoms with E-state index in [9.17, 15) is 0 Å². The van der Waals surface area contributed by atoms with Crippen LogP contribution in [0.4, 0.5) is 0 Å². The fourth-order valence-corrected chi connectivity index (χ4v) is 3.22. The minimum Gasteiger partial charge on any atom is -0.377 e. The van der Waals surface area contributed by atoms with Crippen molar-refractivity contribution in [2.75, 3.05) is 26.7 Å². The van der Waals surface area contributed by atoms with E-state index in [1.807, 2.05) is 0 Å². The van der Waals surface area contributed by atoms with Crippen molar-refractivity contribution in [3.8, 4) is 0 Å². The van der Waals surface area contributed by atoms with Gasteiger partial charge >= 0.3 is 0 Å². The highest BCUT2D eigenvalue weighted by Gasteiger charge is 2.16. The molecule has 23 heavy (non-hydrogen) atoms. The Morgan fingerprint density at radius 3 is 2.30 bits per heavy atom. The lowest BCUT2D eigenvalue weighted by molar-refractivity contribution is 0.0844. The van der Waals surface area contributed by atoms with Crippen molar-refractivity contribution in [3.63, 3.8) is 0 Å². The van der Waals surface area contributed by atoms with Gasteiger partial charge < -0.3 is 4.74 Å². The highest BCUT2D eigenvalue weighted by molar-refractivity contribution is 5.66. The van der Waals surface area contributed by atoms with E-state index in [4.69, 9.17) is 4.74 Å². The molecule has 0 aliphatic carbocycles. The summed E-state index contributed by atoms with van der Waals surface area (Å²) >= 11 is 0. The Hall–Kier alpha value is -1.90. The third kappa shape index (κ3) is 4.31. The van der Waals surface area contributed by atoms with E-state index in [2.05, 4.69) is 71.6 Å². The molecule has 2 nitrogen and oxygen atoms in total. The van der Waals surface area contributed by atoms with Crippen molar-refractivity contribution in [2.24, 2.45) is 0 Å². The lowest BCUT2D eigenvalue weighted by Crippen LogP contribution is -2.30. The summed E-state index contributed by atoms with van der Waals surface area (Å²) in [4.78, 5) is 2.52. The minimum atomic E-state index is 0.190. The molecule has 0 saturated heterocycles. The van der Waals surface area contributed by atoms with Gasteiger partial charge in [0.15, 0.2) is 0 Å². The molecule has 0 amide bonds. The Morgan fingerprint density at radius 2 is 1.70 bits per heavy atom. The number of nitrogens with zero attached hydrogens (tertiary/aromatic N) is 1. The number of rotatable bonds is 6. The van der Waals surface area contributed by atoms with Crippen LogP contribution in [-0.4, -0.2) is 31.6 Å². The predicted molar refractivity (Wildman–Crippen MR) is 96.3 cm³/mol. The van der Waals surface area contributed by atoms with Crippen LogP contribution in [0.2, 0.25) is 0 Å². The Bertz CT molecular complexity index is 621. The standard InChI is InChI=1S/C21H25NO/c1-23-21(20-10-6-3-7-11-20)14-17-22-15-12-19(13-16-22)18-8-4-2-5-9-18/h2-12,21H,13-17H2,1H3. The van der Waals surface area contributed by atoms with Gasteiger partial charge in [-0.05, 0) is 29.5 Å². The average Bonchev–Trinajstić information content (AvgIpc) is 2.64. The maximum Gasteiger partial charge on any atom is 0.0833 e. The van der Waals surface area contributed by atoms with E-state index in [1.54, 1.807) is 7.11 Å². The molecule has 0 N–H and O–H groups in total. The Kier molecular flexibility index (Phi) is 5.62. The van der Waals surface area contributed by atoms with Crippen molar-refractivity contribution in [3.05, 3.63) is 77.9 Å². The second-order valence-corrected chi connectivity index (χ2v) is 6.07. The zero-order valence-electron chi connectivity index (χ0n) is 13.8. The second-order valence-electron chi connectivity index (χ2n) is 6.07. The van der Waals surface area contributed by atoms with E-state index < -0.39 is 0 Å². The number of ether oxygens (including phenoxy) is 1. The molecule has 120 valence electrons. The first kappa shape index (κ1) is 16.0. The molecule has 2 aromatic rings. The Morgan fingerprint density at radius 1 is 1.00 bits per heavy atom. The lowest BCUT2D eigenvalue weighted by Gasteiger charge is -2.28. The van der Waals surface area contributed by atoms with E-state index in [0.717, 1.165) is 32.5 Å². The van der Waals surface area contributed by atoms with Crippen LogP contribution in [0, 0.1) is 0 Å². The van der Waals surface area contributed by atoms with E-state index >= 15 is 0 Å². The van der Waals surface area contributed by atoms with Gasteiger partial charge in [-0.2, -0.15) is 0 Å². The van der Waals surface area contributed by atoms with Gasteiger partial charge in [-0.25, -0.2) is 0 Å². The zero-order chi connectivity index (χ0) is 15.9. The molecule has 0 fully saturated rings. The highest BCUT2D eigenvalue weighted by Crippen LogP contribution is 2.24. The molecule has 1 unspecified atom stereocenters. The van der Waals surface area contributed by atoms with Gasteiger partial charge in [0, 0.05) is 26.7 Å². The summed E-state index contributed by atoms with van der Waals surface area (Å²) in [5.74, 6) is 0. The van der Waals surface area contributed by atoms with E-state index in [1.165, 1.54) is 16.7 Å². The van der Waals surface area contributed by atoms with Crippen LogP contribution in [-0.2, 0) is 4.74 Å². The zero-order valence-corrected chi connectivity index (χ0v) is 13.8. The van der Waals surface area contributed by atoms with Crippen LogP contribution >= 0.6 is 0 Å². The molecule has 0 spiro atoms. The summed E-state index contributed by atoms with van der Waals surface area (Å²) in [5, 5.41) is 0. The van der Waals surface area contributed by atoms with Crippen LogP contribution in [0.1, 0.15) is 30.1 Å². The molecule has 1 aliphatic heterocycles. The van der Waals surface area contributed by atoms with Gasteiger partial charge in [0.05, 0.1) is 6.10 Å². The molecule has 1 heterocycles. The third-order valence-electron chi connectivity index (χ3n) is 4.60. The van der Waals surface area contributed by atoms with Crippen molar-refractivity contribution in [1.29, 1.82) is 0 Å². The Labute approximate surface area is 139 Å². The van der Waals surface area contributed by atoms with Crippen LogP contribution in [0.15, 0.2) is 66.7 Å². The minimum absolute atomic E-state index is 0.190. The highest BCUT2D eigenvalue weighted by atomic mass is 16.5. The first-order valence-electron chi connectivity index (χ1n) is 8.41. The fourth-order valence-electron chi connectivity index (χ4n) is 3.22. The largest absolute Gasteiger partial charge is 0.377 e. The van der Waals surface area contributed by atoms with Gasteiger partial charge in [-0.3, -0.25) is 4.90 Å². The number of hydrogen-bond donors (Lipinski definition) is 0. The normalized spacial score (nSPS) is 16.8. The summed E-state index contributed by atoms with van der Waals surface area (Å²) in [6, 6.07) is 21.2. The predicted octanol–water partition coefficient (Wildman–Crippen LogP) is 4.55. The van der Waals surface area contributed by atoms with E-state index in [0.29, 0.717) is 0 Å².